The molecular weight excluding hydrogens is 276 g/mol. The average molecular weight is 294 g/mol. The van der Waals surface area contributed by atoms with Gasteiger partial charge >= 0.3 is 0 Å². The van der Waals surface area contributed by atoms with Crippen molar-refractivity contribution in [1.29, 1.82) is 0 Å². The van der Waals surface area contributed by atoms with Crippen LogP contribution in [0.2, 0.25) is 0 Å². The molecule has 2 bridgehead atoms. The van der Waals surface area contributed by atoms with Crippen LogP contribution in [-0.2, 0) is 11.2 Å². The molecule has 0 unspecified atom stereocenters. The molecule has 7 heteroatoms. The van der Waals surface area contributed by atoms with Crippen LogP contribution < -0.4 is 11.1 Å². The second kappa shape index (κ2) is 5.05. The Morgan fingerprint density at radius 3 is 3.00 bits per heavy atom. The molecule has 20 heavy (non-hydrogen) atoms. The molecule has 0 aliphatic carbocycles. The highest BCUT2D eigenvalue weighted by atomic mass is 32.1. The molecule has 0 saturated carbocycles. The number of nitrogen functional groups attached to an aromatic ring is 1. The third kappa shape index (κ3) is 2.15. The fourth-order valence-corrected chi connectivity index (χ4v) is 3.97. The number of carbonyl (C=O) groups excluding carboxylic acids is 2. The second-order valence-electron chi connectivity index (χ2n) is 5.29. The minimum Gasteiger partial charge on any atom is -0.375 e. The average Bonchev–Trinajstić information content (AvgIpc) is 2.93. The fourth-order valence-electron chi connectivity index (χ4n) is 3.11. The van der Waals surface area contributed by atoms with Crippen molar-refractivity contribution in [3.8, 4) is 0 Å². The molecule has 0 spiro atoms. The molecule has 6 nitrogen and oxygen atoms in total. The monoisotopic (exact) mass is 294 g/mol. The number of rotatable bonds is 2. The van der Waals surface area contributed by atoms with Gasteiger partial charge in [-0.2, -0.15) is 0 Å². The van der Waals surface area contributed by atoms with Crippen molar-refractivity contribution < 1.29 is 9.59 Å². The number of nitrogens with one attached hydrogen (secondary N) is 1. The van der Waals surface area contributed by atoms with Crippen molar-refractivity contribution in [1.82, 2.24) is 15.2 Å². The number of nitrogens with zero attached hydrogens (tertiary/aromatic N) is 2. The number of amides is 2. The van der Waals surface area contributed by atoms with E-state index in [9.17, 15) is 9.59 Å². The highest BCUT2D eigenvalue weighted by Gasteiger charge is 2.41. The molecule has 2 amide bonds. The first-order valence-corrected chi connectivity index (χ1v) is 7.76. The van der Waals surface area contributed by atoms with E-state index in [-0.39, 0.29) is 23.9 Å². The molecule has 0 aromatic carbocycles. The normalized spacial score (nSPS) is 25.4. The molecule has 2 saturated heterocycles. The maximum absolute atomic E-state index is 12.8. The molecular formula is C13H18N4O2S. The van der Waals surface area contributed by atoms with Gasteiger partial charge in [-0.05, 0) is 19.3 Å². The largest absolute Gasteiger partial charge is 0.375 e. The zero-order valence-corrected chi connectivity index (χ0v) is 12.2. The third-order valence-electron chi connectivity index (χ3n) is 4.05. The molecule has 2 fully saturated rings. The van der Waals surface area contributed by atoms with E-state index in [1.165, 1.54) is 11.3 Å². The summed E-state index contributed by atoms with van der Waals surface area (Å²) in [6.45, 7) is 2.52. The van der Waals surface area contributed by atoms with Crippen molar-refractivity contribution in [2.75, 3.05) is 12.3 Å². The maximum atomic E-state index is 12.8. The number of carbonyl (C=O) groups is 2. The van der Waals surface area contributed by atoms with Crippen molar-refractivity contribution in [2.24, 2.45) is 0 Å². The second-order valence-corrected chi connectivity index (χ2v) is 6.32. The van der Waals surface area contributed by atoms with Crippen LogP contribution in [0.4, 0.5) is 5.13 Å². The third-order valence-corrected chi connectivity index (χ3v) is 4.97. The van der Waals surface area contributed by atoms with Gasteiger partial charge in [0.2, 0.25) is 5.91 Å². The molecule has 2 aliphatic heterocycles. The minimum atomic E-state index is -0.0138. The fraction of sp³-hybridized carbons (Fsp3) is 0.615. The van der Waals surface area contributed by atoms with Gasteiger partial charge in [-0.3, -0.25) is 9.59 Å². The molecule has 108 valence electrons. The van der Waals surface area contributed by atoms with E-state index < -0.39 is 0 Å². The lowest BCUT2D eigenvalue weighted by molar-refractivity contribution is -0.121. The van der Waals surface area contributed by atoms with Crippen LogP contribution >= 0.6 is 11.3 Å². The Labute approximate surface area is 121 Å². The number of nitrogens with two attached hydrogens (primary N) is 1. The lowest BCUT2D eigenvalue weighted by atomic mass is 10.1. The number of aryl methyl sites for hydroxylation is 1. The Hall–Kier alpha value is -1.63. The molecule has 0 radical (unpaired) electrons. The SMILES string of the molecule is CCc1nc(N)sc1C(=O)N1[C@@H]2CC[C@H]1CNC(=O)C2. The molecule has 2 aliphatic rings. The summed E-state index contributed by atoms with van der Waals surface area (Å²) < 4.78 is 0. The number of hydrogen-bond acceptors (Lipinski definition) is 5. The van der Waals surface area contributed by atoms with Gasteiger partial charge in [0, 0.05) is 25.0 Å². The van der Waals surface area contributed by atoms with Gasteiger partial charge in [0.25, 0.3) is 5.91 Å². The summed E-state index contributed by atoms with van der Waals surface area (Å²) in [6, 6.07) is 0.120. The number of anilines is 1. The Kier molecular flexibility index (Phi) is 3.37. The van der Waals surface area contributed by atoms with Gasteiger partial charge in [-0.1, -0.05) is 18.3 Å². The summed E-state index contributed by atoms with van der Waals surface area (Å²) in [6.07, 6.45) is 2.94. The van der Waals surface area contributed by atoms with Crippen LogP contribution in [0.1, 0.15) is 41.6 Å². The van der Waals surface area contributed by atoms with Crippen molar-refractivity contribution in [2.45, 2.75) is 44.7 Å². The van der Waals surface area contributed by atoms with E-state index in [0.717, 1.165) is 18.5 Å². The summed E-state index contributed by atoms with van der Waals surface area (Å²) in [4.78, 5) is 31.2. The Bertz CT molecular complexity index is 557. The van der Waals surface area contributed by atoms with Gasteiger partial charge in [-0.25, -0.2) is 4.98 Å². The molecule has 3 rings (SSSR count). The van der Waals surface area contributed by atoms with Crippen LogP contribution in [0, 0.1) is 0 Å². The standard InChI is InChI=1S/C13H18N4O2S/c1-2-9-11(20-13(14)16-9)12(19)17-7-3-4-8(17)6-15-10(18)5-7/h7-8H,2-6H2,1H3,(H2,14,16)(H,15,18)/t7-,8+/m1/s1. The number of hydrogen-bond donors (Lipinski definition) is 2. The number of thiazole rings is 1. The van der Waals surface area contributed by atoms with Crippen LogP contribution in [-0.4, -0.2) is 40.3 Å². The van der Waals surface area contributed by atoms with E-state index in [1.807, 2.05) is 11.8 Å². The smallest absolute Gasteiger partial charge is 0.266 e. The lowest BCUT2D eigenvalue weighted by Gasteiger charge is -2.27. The number of fused-ring (bicyclic) bond motifs is 2. The highest BCUT2D eigenvalue weighted by Crippen LogP contribution is 2.32. The van der Waals surface area contributed by atoms with Gasteiger partial charge < -0.3 is 16.0 Å². The first-order chi connectivity index (χ1) is 9.60. The van der Waals surface area contributed by atoms with E-state index >= 15 is 0 Å². The first kappa shape index (κ1) is 13.4. The van der Waals surface area contributed by atoms with Crippen molar-refractivity contribution >= 4 is 28.3 Å². The van der Waals surface area contributed by atoms with E-state index in [0.29, 0.717) is 29.4 Å². The zero-order chi connectivity index (χ0) is 14.3. The maximum Gasteiger partial charge on any atom is 0.266 e. The van der Waals surface area contributed by atoms with Crippen LogP contribution in [0.3, 0.4) is 0 Å². The molecule has 1 aromatic heterocycles. The predicted molar refractivity (Wildman–Crippen MR) is 76.5 cm³/mol. The van der Waals surface area contributed by atoms with Crippen LogP contribution in [0.25, 0.3) is 0 Å². The van der Waals surface area contributed by atoms with Crippen molar-refractivity contribution in [3.63, 3.8) is 0 Å². The van der Waals surface area contributed by atoms with Gasteiger partial charge in [0.05, 0.1) is 5.69 Å². The topological polar surface area (TPSA) is 88.3 Å². The Balaban J connectivity index is 1.91. The lowest BCUT2D eigenvalue weighted by Crippen LogP contribution is -2.42. The summed E-state index contributed by atoms with van der Waals surface area (Å²) in [5.74, 6) is 0.0228. The summed E-state index contributed by atoms with van der Waals surface area (Å²) in [5, 5.41) is 3.31. The predicted octanol–water partition coefficient (Wildman–Crippen LogP) is 0.781. The molecule has 1 aromatic rings. The van der Waals surface area contributed by atoms with E-state index in [4.69, 9.17) is 5.73 Å². The van der Waals surface area contributed by atoms with E-state index in [2.05, 4.69) is 10.3 Å². The number of aromatic nitrogens is 1. The summed E-state index contributed by atoms with van der Waals surface area (Å²) in [7, 11) is 0. The highest BCUT2D eigenvalue weighted by molar-refractivity contribution is 7.17. The Morgan fingerprint density at radius 1 is 1.50 bits per heavy atom. The van der Waals surface area contributed by atoms with Crippen molar-refractivity contribution in [3.05, 3.63) is 10.6 Å². The minimum absolute atomic E-state index is 0.0138. The van der Waals surface area contributed by atoms with E-state index in [1.54, 1.807) is 0 Å². The first-order valence-electron chi connectivity index (χ1n) is 6.94. The van der Waals surface area contributed by atoms with Gasteiger partial charge in [0.1, 0.15) is 4.88 Å². The summed E-state index contributed by atoms with van der Waals surface area (Å²) >= 11 is 1.25. The zero-order valence-electron chi connectivity index (χ0n) is 11.4. The van der Waals surface area contributed by atoms with Gasteiger partial charge in [0.15, 0.2) is 5.13 Å². The van der Waals surface area contributed by atoms with Crippen LogP contribution in [0.5, 0.6) is 0 Å². The van der Waals surface area contributed by atoms with Gasteiger partial charge in [-0.15, -0.1) is 0 Å². The molecule has 3 heterocycles. The quantitative estimate of drug-likeness (QED) is 0.843. The Morgan fingerprint density at radius 2 is 2.25 bits per heavy atom. The molecule has 2 atom stereocenters. The molecule has 3 N–H and O–H groups in total. The summed E-state index contributed by atoms with van der Waals surface area (Å²) in [5.41, 5.74) is 6.49. The van der Waals surface area contributed by atoms with Crippen LogP contribution in [0.15, 0.2) is 0 Å².